The minimum absolute atomic E-state index is 0.00244. The van der Waals surface area contributed by atoms with Gasteiger partial charge in [-0.15, -0.1) is 0 Å². The molecule has 0 bridgehead atoms. The van der Waals surface area contributed by atoms with Crippen molar-refractivity contribution in [3.8, 4) is 22.8 Å². The monoisotopic (exact) mass is 486 g/mol. The standard InChI is InChI=1S/C28H26N2O6/c1-16-12-24(31)28-27(35-16)22(26(36-28)17-4-6-19(33-2)7-5-17)14-25(32)29-11-10-18-15-30-23-9-8-20(34-3)13-21(18)23/h4-9,12-13,15,30H,10-11,14H2,1-3H3,(H,29,32). The molecule has 36 heavy (non-hydrogen) atoms. The number of carbonyl (C=O) groups is 1. The minimum Gasteiger partial charge on any atom is -0.497 e. The van der Waals surface area contributed by atoms with Crippen molar-refractivity contribution in [2.45, 2.75) is 19.8 Å². The first-order valence-corrected chi connectivity index (χ1v) is 11.6. The van der Waals surface area contributed by atoms with E-state index in [9.17, 15) is 9.59 Å². The van der Waals surface area contributed by atoms with E-state index in [-0.39, 0.29) is 23.3 Å². The van der Waals surface area contributed by atoms with Crippen molar-refractivity contribution < 1.29 is 23.1 Å². The molecular formula is C28H26N2O6. The number of nitrogens with one attached hydrogen (secondary N) is 2. The molecule has 0 aliphatic heterocycles. The third-order valence-electron chi connectivity index (χ3n) is 6.16. The maximum atomic E-state index is 13.0. The number of benzene rings is 2. The first-order chi connectivity index (χ1) is 17.5. The fourth-order valence-corrected chi connectivity index (χ4v) is 4.35. The zero-order valence-electron chi connectivity index (χ0n) is 20.3. The highest BCUT2D eigenvalue weighted by molar-refractivity contribution is 5.90. The first kappa shape index (κ1) is 23.3. The number of aromatic amines is 1. The van der Waals surface area contributed by atoms with Crippen molar-refractivity contribution in [2.75, 3.05) is 20.8 Å². The van der Waals surface area contributed by atoms with E-state index in [2.05, 4.69) is 10.3 Å². The molecule has 0 saturated heterocycles. The summed E-state index contributed by atoms with van der Waals surface area (Å²) in [5.74, 6) is 2.15. The van der Waals surface area contributed by atoms with Crippen LogP contribution in [0.15, 0.2) is 68.4 Å². The predicted molar refractivity (Wildman–Crippen MR) is 137 cm³/mol. The van der Waals surface area contributed by atoms with E-state index in [0.717, 1.165) is 27.8 Å². The summed E-state index contributed by atoms with van der Waals surface area (Å²) in [6.07, 6.45) is 2.59. The lowest BCUT2D eigenvalue weighted by molar-refractivity contribution is -0.120. The molecule has 1 amide bonds. The van der Waals surface area contributed by atoms with Crippen LogP contribution in [0.1, 0.15) is 16.9 Å². The Bertz CT molecular complexity index is 1610. The number of hydrogen-bond acceptors (Lipinski definition) is 6. The van der Waals surface area contributed by atoms with E-state index < -0.39 is 0 Å². The van der Waals surface area contributed by atoms with E-state index in [1.807, 2.05) is 36.5 Å². The van der Waals surface area contributed by atoms with Gasteiger partial charge in [0.25, 0.3) is 0 Å². The molecule has 2 N–H and O–H groups in total. The molecule has 0 aliphatic carbocycles. The lowest BCUT2D eigenvalue weighted by Crippen LogP contribution is -2.27. The SMILES string of the molecule is COc1ccc(-c2oc3c(=O)cc(C)oc3c2CC(=O)NCCc2c[nH]c3ccc(OC)cc23)cc1. The highest BCUT2D eigenvalue weighted by Gasteiger charge is 2.23. The summed E-state index contributed by atoms with van der Waals surface area (Å²) in [5.41, 5.74) is 3.45. The second-order valence-corrected chi connectivity index (χ2v) is 8.52. The van der Waals surface area contributed by atoms with Gasteiger partial charge in [-0.1, -0.05) is 0 Å². The highest BCUT2D eigenvalue weighted by atomic mass is 16.5. The lowest BCUT2D eigenvalue weighted by Gasteiger charge is -2.07. The number of fused-ring (bicyclic) bond motifs is 2. The van der Waals surface area contributed by atoms with Crippen LogP contribution in [-0.2, 0) is 17.6 Å². The van der Waals surface area contributed by atoms with Crippen molar-refractivity contribution in [1.29, 1.82) is 0 Å². The number of H-pyrrole nitrogens is 1. The smallest absolute Gasteiger partial charge is 0.228 e. The van der Waals surface area contributed by atoms with Crippen molar-refractivity contribution in [1.82, 2.24) is 10.3 Å². The van der Waals surface area contributed by atoms with Gasteiger partial charge < -0.3 is 28.6 Å². The number of methoxy groups -OCH3 is 2. The van der Waals surface area contributed by atoms with Gasteiger partial charge >= 0.3 is 0 Å². The first-order valence-electron chi connectivity index (χ1n) is 11.6. The van der Waals surface area contributed by atoms with Crippen LogP contribution in [0.25, 0.3) is 33.4 Å². The van der Waals surface area contributed by atoms with Gasteiger partial charge in [0, 0.05) is 35.3 Å². The Kier molecular flexibility index (Phi) is 6.25. The lowest BCUT2D eigenvalue weighted by atomic mass is 10.0. The van der Waals surface area contributed by atoms with Crippen molar-refractivity contribution in [3.63, 3.8) is 0 Å². The summed E-state index contributed by atoms with van der Waals surface area (Å²) in [4.78, 5) is 28.8. The van der Waals surface area contributed by atoms with Gasteiger partial charge in [0.1, 0.15) is 23.0 Å². The van der Waals surface area contributed by atoms with Crippen LogP contribution in [0.3, 0.4) is 0 Å². The molecule has 8 heteroatoms. The summed E-state index contributed by atoms with van der Waals surface area (Å²) in [6.45, 7) is 2.14. The van der Waals surface area contributed by atoms with Crippen LogP contribution in [0.2, 0.25) is 0 Å². The van der Waals surface area contributed by atoms with Crippen LogP contribution < -0.4 is 20.2 Å². The molecule has 0 unspecified atom stereocenters. The number of rotatable bonds is 8. The Morgan fingerprint density at radius 3 is 2.47 bits per heavy atom. The van der Waals surface area contributed by atoms with Gasteiger partial charge in [0.05, 0.1) is 26.2 Å². The zero-order valence-corrected chi connectivity index (χ0v) is 20.3. The molecule has 0 spiro atoms. The molecule has 3 aromatic heterocycles. The van der Waals surface area contributed by atoms with Crippen LogP contribution in [0.5, 0.6) is 11.5 Å². The second-order valence-electron chi connectivity index (χ2n) is 8.52. The Morgan fingerprint density at radius 2 is 1.72 bits per heavy atom. The molecule has 8 nitrogen and oxygen atoms in total. The summed E-state index contributed by atoms with van der Waals surface area (Å²) in [5, 5.41) is 4.04. The number of aryl methyl sites for hydroxylation is 1. The molecular weight excluding hydrogens is 460 g/mol. The molecule has 0 atom stereocenters. The molecule has 0 radical (unpaired) electrons. The van der Waals surface area contributed by atoms with Gasteiger partial charge in [-0.05, 0) is 61.4 Å². The highest BCUT2D eigenvalue weighted by Crippen LogP contribution is 2.34. The van der Waals surface area contributed by atoms with Crippen LogP contribution >= 0.6 is 0 Å². The van der Waals surface area contributed by atoms with Crippen molar-refractivity contribution >= 4 is 28.0 Å². The average Bonchev–Trinajstić information content (AvgIpc) is 3.45. The number of aromatic nitrogens is 1. The van der Waals surface area contributed by atoms with Gasteiger partial charge in [0.2, 0.25) is 16.9 Å². The number of hydrogen-bond donors (Lipinski definition) is 2. The quantitative estimate of drug-likeness (QED) is 0.328. The maximum Gasteiger partial charge on any atom is 0.228 e. The van der Waals surface area contributed by atoms with Crippen LogP contribution in [0, 0.1) is 6.92 Å². The second kappa shape index (κ2) is 9.65. The Balaban J connectivity index is 1.38. The van der Waals surface area contributed by atoms with Gasteiger partial charge in [0.15, 0.2) is 5.58 Å². The number of carbonyl (C=O) groups excluding carboxylic acids is 1. The van der Waals surface area contributed by atoms with Crippen molar-refractivity contribution in [2.24, 2.45) is 0 Å². The van der Waals surface area contributed by atoms with Crippen LogP contribution in [-0.4, -0.2) is 31.7 Å². The normalized spacial score (nSPS) is 11.2. The Labute approximate surface area is 206 Å². The third kappa shape index (κ3) is 4.45. The predicted octanol–water partition coefficient (Wildman–Crippen LogP) is 4.76. The molecule has 184 valence electrons. The Morgan fingerprint density at radius 1 is 0.972 bits per heavy atom. The molecule has 0 saturated carbocycles. The number of furan rings is 1. The van der Waals surface area contributed by atoms with E-state index in [4.69, 9.17) is 18.3 Å². The Hall–Kier alpha value is -4.46. The molecule has 2 aromatic carbocycles. The minimum atomic E-state index is -0.287. The molecule has 5 rings (SSSR count). The van der Waals surface area contributed by atoms with Crippen LogP contribution in [0.4, 0.5) is 0 Å². The average molecular weight is 487 g/mol. The van der Waals surface area contributed by atoms with E-state index in [1.165, 1.54) is 6.07 Å². The number of amides is 1. The summed E-state index contributed by atoms with van der Waals surface area (Å²) in [7, 11) is 3.22. The largest absolute Gasteiger partial charge is 0.497 e. The van der Waals surface area contributed by atoms with Gasteiger partial charge in [-0.2, -0.15) is 0 Å². The zero-order chi connectivity index (χ0) is 25.2. The summed E-state index contributed by atoms with van der Waals surface area (Å²) in [6, 6.07) is 14.5. The van der Waals surface area contributed by atoms with E-state index in [1.54, 1.807) is 33.3 Å². The molecule has 3 heterocycles. The van der Waals surface area contributed by atoms with Gasteiger partial charge in [-0.25, -0.2) is 0 Å². The third-order valence-corrected chi connectivity index (χ3v) is 6.16. The summed E-state index contributed by atoms with van der Waals surface area (Å²) < 4.78 is 22.3. The number of ether oxygens (including phenoxy) is 2. The maximum absolute atomic E-state index is 13.0. The molecule has 0 aliphatic rings. The van der Waals surface area contributed by atoms with E-state index >= 15 is 0 Å². The van der Waals surface area contributed by atoms with E-state index in [0.29, 0.717) is 41.4 Å². The fraction of sp³-hybridized carbons (Fsp3) is 0.214. The topological polar surface area (TPSA) is 107 Å². The fourth-order valence-electron chi connectivity index (χ4n) is 4.35. The van der Waals surface area contributed by atoms with Crippen molar-refractivity contribution in [3.05, 3.63) is 81.8 Å². The summed E-state index contributed by atoms with van der Waals surface area (Å²) >= 11 is 0. The van der Waals surface area contributed by atoms with Gasteiger partial charge in [-0.3, -0.25) is 9.59 Å². The molecule has 5 aromatic rings. The molecule has 0 fully saturated rings.